The fourth-order valence-electron chi connectivity index (χ4n) is 4.05. The number of quaternary nitrogens is 1. The molecule has 1 amide bonds. The largest absolute Gasteiger partial charge is 0.459 e. The van der Waals surface area contributed by atoms with Gasteiger partial charge in [0.25, 0.3) is 5.91 Å². The van der Waals surface area contributed by atoms with E-state index >= 15 is 0 Å². The van der Waals surface area contributed by atoms with Gasteiger partial charge in [-0.1, -0.05) is 12.1 Å². The fraction of sp³-hybridized carbons (Fsp3) is 0.348. The van der Waals surface area contributed by atoms with E-state index in [0.29, 0.717) is 31.3 Å². The first-order valence-electron chi connectivity index (χ1n) is 10.3. The summed E-state index contributed by atoms with van der Waals surface area (Å²) in [7, 11) is 0. The summed E-state index contributed by atoms with van der Waals surface area (Å²) in [6.45, 7) is 6.54. The summed E-state index contributed by atoms with van der Waals surface area (Å²) in [6.07, 6.45) is -2.96. The molecule has 2 aromatic heterocycles. The number of amides is 1. The fourth-order valence-corrected chi connectivity index (χ4v) is 5.14. The molecule has 0 bridgehead atoms. The van der Waals surface area contributed by atoms with E-state index in [4.69, 9.17) is 9.15 Å². The zero-order chi connectivity index (χ0) is 22.9. The number of carbonyl (C=O) groups is 1. The van der Waals surface area contributed by atoms with Crippen molar-refractivity contribution in [1.82, 2.24) is 0 Å². The van der Waals surface area contributed by atoms with E-state index in [2.05, 4.69) is 5.32 Å². The van der Waals surface area contributed by atoms with Crippen LogP contribution in [-0.4, -0.2) is 32.2 Å². The zero-order valence-corrected chi connectivity index (χ0v) is 18.5. The highest BCUT2D eigenvalue weighted by Crippen LogP contribution is 2.39. The lowest BCUT2D eigenvalue weighted by molar-refractivity contribution is -0.933. The molecule has 1 atom stereocenters. The minimum absolute atomic E-state index is 0.199. The summed E-state index contributed by atoms with van der Waals surface area (Å²) >= 11 is 1.46. The van der Waals surface area contributed by atoms with E-state index in [1.165, 1.54) is 22.5 Å². The van der Waals surface area contributed by atoms with Gasteiger partial charge in [-0.05, 0) is 43.7 Å². The van der Waals surface area contributed by atoms with E-state index in [1.54, 1.807) is 24.3 Å². The lowest BCUT2D eigenvalue weighted by Gasteiger charge is -2.32. The Morgan fingerprint density at radius 2 is 1.81 bits per heavy atom. The minimum Gasteiger partial charge on any atom is -0.459 e. The molecule has 0 aliphatic carbocycles. The van der Waals surface area contributed by atoms with Crippen molar-refractivity contribution in [1.29, 1.82) is 0 Å². The Bertz CT molecular complexity index is 1070. The van der Waals surface area contributed by atoms with E-state index < -0.39 is 11.7 Å². The average Bonchev–Trinajstić information content (AvgIpc) is 3.39. The van der Waals surface area contributed by atoms with Gasteiger partial charge in [-0.25, -0.2) is 0 Å². The zero-order valence-electron chi connectivity index (χ0n) is 17.7. The number of anilines is 1. The number of thiophene rings is 1. The maximum atomic E-state index is 13.1. The Kier molecular flexibility index (Phi) is 6.41. The van der Waals surface area contributed by atoms with Gasteiger partial charge in [0.1, 0.15) is 24.1 Å². The van der Waals surface area contributed by atoms with Crippen LogP contribution >= 0.6 is 11.3 Å². The van der Waals surface area contributed by atoms with Gasteiger partial charge in [-0.3, -0.25) is 4.79 Å². The van der Waals surface area contributed by atoms with Crippen LogP contribution in [-0.2, 0) is 10.9 Å². The Morgan fingerprint density at radius 1 is 1.12 bits per heavy atom. The monoisotopic (exact) mass is 465 g/mol. The Labute approximate surface area is 187 Å². The van der Waals surface area contributed by atoms with Gasteiger partial charge in [0, 0.05) is 10.4 Å². The predicted molar refractivity (Wildman–Crippen MR) is 115 cm³/mol. The van der Waals surface area contributed by atoms with Crippen LogP contribution in [0.3, 0.4) is 0 Å². The molecule has 9 heteroatoms. The van der Waals surface area contributed by atoms with Crippen LogP contribution in [0.25, 0.3) is 0 Å². The Hall–Kier alpha value is -2.62. The summed E-state index contributed by atoms with van der Waals surface area (Å²) in [5.41, 5.74) is 2.03. The molecule has 2 N–H and O–H groups in total. The predicted octanol–water partition coefficient (Wildman–Crippen LogP) is 4.23. The molecule has 0 saturated carbocycles. The number of halogens is 3. The van der Waals surface area contributed by atoms with Crippen LogP contribution < -0.4 is 10.2 Å². The standard InChI is InChI=1S/C23H23F3N2O3S/c1-14-15(2)32-22(27-21(29)18-4-3-11-31-18)19(14)20(28-9-12-30-13-10-28)16-5-7-17(8-6-16)23(24,25)26/h3-8,11,20H,9-10,12-13H2,1-2H3,(H,27,29)/p+1/t20-/m1/s1. The molecular weight excluding hydrogens is 441 g/mol. The second-order valence-electron chi connectivity index (χ2n) is 7.78. The molecule has 3 heterocycles. The van der Waals surface area contributed by atoms with Crippen LogP contribution in [0.5, 0.6) is 0 Å². The molecule has 5 nitrogen and oxygen atoms in total. The number of rotatable bonds is 5. The molecule has 1 saturated heterocycles. The van der Waals surface area contributed by atoms with Crippen molar-refractivity contribution in [3.8, 4) is 0 Å². The molecule has 0 spiro atoms. The van der Waals surface area contributed by atoms with Crippen molar-refractivity contribution >= 4 is 22.2 Å². The maximum Gasteiger partial charge on any atom is 0.416 e. The van der Waals surface area contributed by atoms with Crippen LogP contribution in [0.2, 0.25) is 0 Å². The normalized spacial score (nSPS) is 16.2. The van der Waals surface area contributed by atoms with Crippen molar-refractivity contribution in [2.24, 2.45) is 0 Å². The SMILES string of the molecule is Cc1sc(NC(=O)c2ccco2)c([C@@H](c2ccc(C(F)(F)F)cc2)[NH+]2CCOCC2)c1C. The molecule has 3 aromatic rings. The highest BCUT2D eigenvalue weighted by atomic mass is 32.1. The molecule has 1 aliphatic rings. The van der Waals surface area contributed by atoms with Crippen molar-refractivity contribution in [3.05, 3.63) is 75.6 Å². The van der Waals surface area contributed by atoms with Gasteiger partial charge in [0.05, 0.1) is 30.6 Å². The Morgan fingerprint density at radius 3 is 2.41 bits per heavy atom. The number of carbonyl (C=O) groups excluding carboxylic acids is 1. The van der Waals surface area contributed by atoms with Crippen LogP contribution in [0.4, 0.5) is 18.2 Å². The topological polar surface area (TPSA) is 55.9 Å². The molecule has 1 aromatic carbocycles. The summed E-state index contributed by atoms with van der Waals surface area (Å²) in [6, 6.07) is 8.32. The second kappa shape index (κ2) is 9.09. The van der Waals surface area contributed by atoms with Gasteiger partial charge in [-0.2, -0.15) is 13.2 Å². The van der Waals surface area contributed by atoms with Gasteiger partial charge in [0.2, 0.25) is 0 Å². The lowest BCUT2D eigenvalue weighted by atomic mass is 9.93. The first kappa shape index (κ1) is 22.6. The first-order chi connectivity index (χ1) is 15.3. The molecule has 1 aliphatic heterocycles. The highest BCUT2D eigenvalue weighted by Gasteiger charge is 2.35. The molecule has 170 valence electrons. The van der Waals surface area contributed by atoms with Crippen molar-refractivity contribution in [2.45, 2.75) is 26.1 Å². The number of furan rings is 1. The number of benzene rings is 1. The molecule has 1 fully saturated rings. The number of nitrogens with one attached hydrogen (secondary N) is 2. The third-order valence-electron chi connectivity index (χ3n) is 5.81. The number of morpholine rings is 1. The van der Waals surface area contributed by atoms with Crippen LogP contribution in [0.1, 0.15) is 43.7 Å². The van der Waals surface area contributed by atoms with E-state index in [0.717, 1.165) is 33.7 Å². The smallest absolute Gasteiger partial charge is 0.416 e. The number of ether oxygens (including phenoxy) is 1. The van der Waals surface area contributed by atoms with E-state index in [-0.39, 0.29) is 17.7 Å². The third-order valence-corrected chi connectivity index (χ3v) is 6.95. The lowest BCUT2D eigenvalue weighted by Crippen LogP contribution is -3.14. The summed E-state index contributed by atoms with van der Waals surface area (Å²) in [5, 5.41) is 3.65. The minimum atomic E-state index is -4.39. The van der Waals surface area contributed by atoms with E-state index in [9.17, 15) is 18.0 Å². The van der Waals surface area contributed by atoms with Crippen molar-refractivity contribution in [2.75, 3.05) is 31.6 Å². The summed E-state index contributed by atoms with van der Waals surface area (Å²) < 4.78 is 50.1. The van der Waals surface area contributed by atoms with Gasteiger partial charge in [-0.15, -0.1) is 11.3 Å². The number of aryl methyl sites for hydroxylation is 1. The maximum absolute atomic E-state index is 13.1. The third kappa shape index (κ3) is 4.60. The quantitative estimate of drug-likeness (QED) is 0.593. The molecule has 0 unspecified atom stereocenters. The van der Waals surface area contributed by atoms with Crippen LogP contribution in [0, 0.1) is 13.8 Å². The van der Waals surface area contributed by atoms with Crippen molar-refractivity contribution < 1.29 is 32.0 Å². The summed E-state index contributed by atoms with van der Waals surface area (Å²) in [5.74, 6) is -0.162. The van der Waals surface area contributed by atoms with Crippen LogP contribution in [0.15, 0.2) is 47.1 Å². The molecular formula is C23H24F3N2O3S+. The Balaban J connectivity index is 1.77. The second-order valence-corrected chi connectivity index (χ2v) is 9.01. The average molecular weight is 466 g/mol. The number of hydrogen-bond donors (Lipinski definition) is 2. The van der Waals surface area contributed by atoms with Gasteiger partial charge in [0.15, 0.2) is 5.76 Å². The number of alkyl halides is 3. The highest BCUT2D eigenvalue weighted by molar-refractivity contribution is 7.16. The molecule has 0 radical (unpaired) electrons. The van der Waals surface area contributed by atoms with Crippen molar-refractivity contribution in [3.63, 3.8) is 0 Å². The van der Waals surface area contributed by atoms with Gasteiger partial charge >= 0.3 is 6.18 Å². The van der Waals surface area contributed by atoms with E-state index in [1.807, 2.05) is 13.8 Å². The van der Waals surface area contributed by atoms with Gasteiger partial charge < -0.3 is 19.4 Å². The molecule has 4 rings (SSSR count). The first-order valence-corrected chi connectivity index (χ1v) is 11.1. The number of hydrogen-bond acceptors (Lipinski definition) is 4. The molecule has 32 heavy (non-hydrogen) atoms. The summed E-state index contributed by atoms with van der Waals surface area (Å²) in [4.78, 5) is 14.9.